The van der Waals surface area contributed by atoms with Gasteiger partial charge in [0, 0.05) is 13.0 Å². The first kappa shape index (κ1) is 11.9. The van der Waals surface area contributed by atoms with Crippen molar-refractivity contribution in [1.29, 1.82) is 0 Å². The van der Waals surface area contributed by atoms with Crippen molar-refractivity contribution in [3.8, 4) is 0 Å². The van der Waals surface area contributed by atoms with Crippen LogP contribution >= 0.6 is 11.3 Å². The molecule has 0 radical (unpaired) electrons. The molecule has 0 saturated heterocycles. The second kappa shape index (κ2) is 5.06. The van der Waals surface area contributed by atoms with E-state index in [0.29, 0.717) is 13.0 Å². The van der Waals surface area contributed by atoms with Gasteiger partial charge in [-0.3, -0.25) is 0 Å². The number of hydrogen-bond acceptors (Lipinski definition) is 5. The molecular formula is C9H15N3O2S. The van der Waals surface area contributed by atoms with Gasteiger partial charge >= 0.3 is 6.09 Å². The Balaban J connectivity index is 2.18. The highest BCUT2D eigenvalue weighted by molar-refractivity contribution is 7.09. The van der Waals surface area contributed by atoms with E-state index in [2.05, 4.69) is 15.5 Å². The molecule has 1 rings (SSSR count). The molecule has 0 spiro atoms. The van der Waals surface area contributed by atoms with Gasteiger partial charge in [-0.25, -0.2) is 4.79 Å². The lowest BCUT2D eigenvalue weighted by Gasteiger charge is -2.19. The van der Waals surface area contributed by atoms with Gasteiger partial charge in [0.15, 0.2) is 0 Å². The highest BCUT2D eigenvalue weighted by Gasteiger charge is 2.15. The molecule has 0 aromatic carbocycles. The third-order valence-corrected chi connectivity index (χ3v) is 2.17. The molecule has 0 atom stereocenters. The smallest absolute Gasteiger partial charge is 0.407 e. The zero-order chi connectivity index (χ0) is 11.3. The SMILES string of the molecule is CC(C)(C)OC(=O)NCCc1nncs1. The van der Waals surface area contributed by atoms with Crippen molar-refractivity contribution < 1.29 is 9.53 Å². The zero-order valence-corrected chi connectivity index (χ0v) is 9.93. The first-order chi connectivity index (χ1) is 6.97. The third kappa shape index (κ3) is 5.31. The molecule has 15 heavy (non-hydrogen) atoms. The molecule has 6 heteroatoms. The fourth-order valence-electron chi connectivity index (χ4n) is 0.891. The maximum Gasteiger partial charge on any atom is 0.407 e. The van der Waals surface area contributed by atoms with Gasteiger partial charge in [0.05, 0.1) is 0 Å². The van der Waals surface area contributed by atoms with E-state index in [-0.39, 0.29) is 0 Å². The van der Waals surface area contributed by atoms with Gasteiger partial charge in [-0.2, -0.15) is 0 Å². The second-order valence-corrected chi connectivity index (χ2v) is 4.93. The summed E-state index contributed by atoms with van der Waals surface area (Å²) in [7, 11) is 0. The topological polar surface area (TPSA) is 64.1 Å². The lowest BCUT2D eigenvalue weighted by atomic mass is 10.2. The number of aromatic nitrogens is 2. The molecule has 1 aromatic heterocycles. The Morgan fingerprint density at radius 2 is 2.33 bits per heavy atom. The Hall–Kier alpha value is -1.17. The van der Waals surface area contributed by atoms with Crippen molar-refractivity contribution in [2.75, 3.05) is 6.54 Å². The van der Waals surface area contributed by atoms with Crippen molar-refractivity contribution >= 4 is 17.4 Å². The number of hydrogen-bond donors (Lipinski definition) is 1. The van der Waals surface area contributed by atoms with Crippen LogP contribution in [0, 0.1) is 0 Å². The van der Waals surface area contributed by atoms with Crippen LogP contribution in [0.4, 0.5) is 4.79 Å². The van der Waals surface area contributed by atoms with Crippen molar-refractivity contribution in [2.24, 2.45) is 0 Å². The van der Waals surface area contributed by atoms with E-state index in [1.165, 1.54) is 11.3 Å². The van der Waals surface area contributed by atoms with Gasteiger partial charge < -0.3 is 10.1 Å². The van der Waals surface area contributed by atoms with Crippen LogP contribution in [0.3, 0.4) is 0 Å². The molecule has 0 fully saturated rings. The predicted octanol–water partition coefficient (Wildman–Crippen LogP) is 1.61. The fourth-order valence-corrected chi connectivity index (χ4v) is 1.42. The van der Waals surface area contributed by atoms with Gasteiger partial charge in [0.2, 0.25) is 0 Å². The largest absolute Gasteiger partial charge is 0.444 e. The van der Waals surface area contributed by atoms with Crippen LogP contribution in [0.1, 0.15) is 25.8 Å². The Labute approximate surface area is 92.9 Å². The first-order valence-electron chi connectivity index (χ1n) is 4.69. The summed E-state index contributed by atoms with van der Waals surface area (Å²) in [6.07, 6.45) is 0.288. The molecule has 0 aliphatic rings. The summed E-state index contributed by atoms with van der Waals surface area (Å²) >= 11 is 1.47. The lowest BCUT2D eigenvalue weighted by Crippen LogP contribution is -2.33. The molecule has 0 unspecified atom stereocenters. The summed E-state index contributed by atoms with van der Waals surface area (Å²) in [4.78, 5) is 11.2. The third-order valence-electron chi connectivity index (χ3n) is 1.41. The van der Waals surface area contributed by atoms with Crippen molar-refractivity contribution in [3.63, 3.8) is 0 Å². The summed E-state index contributed by atoms with van der Waals surface area (Å²) in [5, 5.41) is 11.1. The molecular weight excluding hydrogens is 214 g/mol. The van der Waals surface area contributed by atoms with E-state index in [0.717, 1.165) is 5.01 Å². The number of nitrogens with zero attached hydrogens (tertiary/aromatic N) is 2. The van der Waals surface area contributed by atoms with Crippen LogP contribution in [0.25, 0.3) is 0 Å². The van der Waals surface area contributed by atoms with E-state index in [1.54, 1.807) is 5.51 Å². The van der Waals surface area contributed by atoms with Crippen molar-refractivity contribution in [3.05, 3.63) is 10.5 Å². The van der Waals surface area contributed by atoms with E-state index in [9.17, 15) is 4.79 Å². The van der Waals surface area contributed by atoms with Gasteiger partial charge in [-0.1, -0.05) is 0 Å². The molecule has 1 amide bonds. The van der Waals surface area contributed by atoms with Gasteiger partial charge in [-0.15, -0.1) is 21.5 Å². The lowest BCUT2D eigenvalue weighted by molar-refractivity contribution is 0.0528. The van der Waals surface area contributed by atoms with Crippen molar-refractivity contribution in [1.82, 2.24) is 15.5 Å². The maximum atomic E-state index is 11.2. The Morgan fingerprint density at radius 1 is 1.60 bits per heavy atom. The molecule has 1 heterocycles. The summed E-state index contributed by atoms with van der Waals surface area (Å²) in [5.41, 5.74) is 1.22. The monoisotopic (exact) mass is 229 g/mol. The van der Waals surface area contributed by atoms with E-state index in [1.807, 2.05) is 20.8 Å². The molecule has 1 N–H and O–H groups in total. The van der Waals surface area contributed by atoms with Crippen LogP contribution in [0.2, 0.25) is 0 Å². The number of carbonyl (C=O) groups excluding carboxylic acids is 1. The number of amides is 1. The van der Waals surface area contributed by atoms with Crippen LogP contribution < -0.4 is 5.32 Å². The van der Waals surface area contributed by atoms with Crippen LogP contribution in [0.15, 0.2) is 5.51 Å². The summed E-state index contributed by atoms with van der Waals surface area (Å²) < 4.78 is 5.07. The minimum atomic E-state index is -0.452. The van der Waals surface area contributed by atoms with E-state index < -0.39 is 11.7 Å². The number of ether oxygens (including phenoxy) is 1. The fraction of sp³-hybridized carbons (Fsp3) is 0.667. The van der Waals surface area contributed by atoms with E-state index >= 15 is 0 Å². The number of nitrogens with one attached hydrogen (secondary N) is 1. The molecule has 0 aliphatic heterocycles. The molecule has 84 valence electrons. The van der Waals surface area contributed by atoms with Crippen LogP contribution in [-0.2, 0) is 11.2 Å². The summed E-state index contributed by atoms with van der Waals surface area (Å²) in [6, 6.07) is 0. The number of carbonyl (C=O) groups is 1. The first-order valence-corrected chi connectivity index (χ1v) is 5.57. The average Bonchev–Trinajstić information content (AvgIpc) is 2.53. The summed E-state index contributed by atoms with van der Waals surface area (Å²) in [6.45, 7) is 6.01. The molecule has 1 aromatic rings. The van der Waals surface area contributed by atoms with E-state index in [4.69, 9.17) is 4.74 Å². The van der Waals surface area contributed by atoms with Gasteiger partial charge in [-0.05, 0) is 20.8 Å². The molecule has 5 nitrogen and oxygen atoms in total. The Morgan fingerprint density at radius 3 is 2.87 bits per heavy atom. The maximum absolute atomic E-state index is 11.2. The van der Waals surface area contributed by atoms with Crippen LogP contribution in [-0.4, -0.2) is 28.4 Å². The highest BCUT2D eigenvalue weighted by Crippen LogP contribution is 2.06. The standard InChI is InChI=1S/C9H15N3O2S/c1-9(2,3)14-8(13)10-5-4-7-12-11-6-15-7/h6H,4-5H2,1-3H3,(H,10,13). The second-order valence-electron chi connectivity index (χ2n) is 4.01. The quantitative estimate of drug-likeness (QED) is 0.855. The highest BCUT2D eigenvalue weighted by atomic mass is 32.1. The predicted molar refractivity (Wildman–Crippen MR) is 57.8 cm³/mol. The minimum absolute atomic E-state index is 0.396. The van der Waals surface area contributed by atoms with Gasteiger partial charge in [0.1, 0.15) is 16.1 Å². The van der Waals surface area contributed by atoms with Crippen LogP contribution in [0.5, 0.6) is 0 Å². The summed E-state index contributed by atoms with van der Waals surface area (Å²) in [5.74, 6) is 0. The molecule has 0 bridgehead atoms. The van der Waals surface area contributed by atoms with Crippen molar-refractivity contribution in [2.45, 2.75) is 32.8 Å². The Kier molecular flexibility index (Phi) is 4.02. The minimum Gasteiger partial charge on any atom is -0.444 e. The molecule has 0 aliphatic carbocycles. The van der Waals surface area contributed by atoms with Gasteiger partial charge in [0.25, 0.3) is 0 Å². The normalized spacial score (nSPS) is 11.1. The average molecular weight is 229 g/mol. The molecule has 0 saturated carbocycles. The number of rotatable bonds is 3. The number of alkyl carbamates (subject to hydrolysis) is 1. The Bertz CT molecular complexity index is 306. The zero-order valence-electron chi connectivity index (χ0n) is 9.11.